The van der Waals surface area contributed by atoms with Crippen molar-refractivity contribution < 1.29 is 0 Å². The summed E-state index contributed by atoms with van der Waals surface area (Å²) in [6.45, 7) is 3.07. The van der Waals surface area contributed by atoms with Crippen LogP contribution in [0.5, 0.6) is 0 Å². The van der Waals surface area contributed by atoms with Crippen molar-refractivity contribution in [3.05, 3.63) is 0 Å². The Labute approximate surface area is 67.3 Å². The zero-order valence-electron chi connectivity index (χ0n) is 6.76. The van der Waals surface area contributed by atoms with E-state index in [-0.39, 0.29) is 0 Å². The minimum absolute atomic E-state index is 0.705. The van der Waals surface area contributed by atoms with E-state index >= 15 is 0 Å². The van der Waals surface area contributed by atoms with Crippen LogP contribution in [0.25, 0.3) is 0 Å². The van der Waals surface area contributed by atoms with E-state index in [9.17, 15) is 0 Å². The standard InChI is InChI=1S/C7H16N2S/c1-3-4-5-6-9-7(8)10-2/h3-6H2,1-2H3,(H2,8,9). The van der Waals surface area contributed by atoms with Crippen molar-refractivity contribution in [2.24, 2.45) is 10.7 Å². The lowest BCUT2D eigenvalue weighted by molar-refractivity contribution is 0.728. The molecule has 0 amide bonds. The number of nitrogens with zero attached hydrogens (tertiary/aromatic N) is 1. The lowest BCUT2D eigenvalue weighted by Gasteiger charge is -1.94. The summed E-state index contributed by atoms with van der Waals surface area (Å²) in [5.41, 5.74) is 5.47. The largest absolute Gasteiger partial charge is 0.379 e. The fourth-order valence-corrected chi connectivity index (χ4v) is 0.836. The predicted octanol–water partition coefficient (Wildman–Crippen LogP) is 1.85. The molecule has 0 radical (unpaired) electrons. The van der Waals surface area contributed by atoms with E-state index in [2.05, 4.69) is 11.9 Å². The average molecular weight is 160 g/mol. The van der Waals surface area contributed by atoms with Gasteiger partial charge in [0.25, 0.3) is 0 Å². The van der Waals surface area contributed by atoms with E-state index < -0.39 is 0 Å². The minimum Gasteiger partial charge on any atom is -0.379 e. The molecule has 0 bridgehead atoms. The van der Waals surface area contributed by atoms with Crippen LogP contribution in [0.15, 0.2) is 4.99 Å². The Hall–Kier alpha value is -0.180. The molecule has 0 aromatic carbocycles. The third-order valence-electron chi connectivity index (χ3n) is 1.24. The SMILES string of the molecule is CCCCCN=C(N)SC. The number of aliphatic imine (C=N–C) groups is 1. The van der Waals surface area contributed by atoms with E-state index in [1.54, 1.807) is 0 Å². The molecule has 60 valence electrons. The predicted molar refractivity (Wildman–Crippen MR) is 49.5 cm³/mol. The van der Waals surface area contributed by atoms with Gasteiger partial charge in [-0.25, -0.2) is 0 Å². The fraction of sp³-hybridized carbons (Fsp3) is 0.857. The van der Waals surface area contributed by atoms with E-state index in [1.165, 1.54) is 24.6 Å². The molecule has 0 rings (SSSR count). The van der Waals surface area contributed by atoms with Crippen LogP contribution in [0.2, 0.25) is 0 Å². The number of unbranched alkanes of at least 4 members (excludes halogenated alkanes) is 2. The van der Waals surface area contributed by atoms with Crippen molar-refractivity contribution in [3.8, 4) is 0 Å². The second-order valence-electron chi connectivity index (χ2n) is 2.13. The molecule has 0 spiro atoms. The number of hydrogen-bond acceptors (Lipinski definition) is 2. The maximum Gasteiger partial charge on any atom is 0.153 e. The van der Waals surface area contributed by atoms with Gasteiger partial charge < -0.3 is 5.73 Å². The van der Waals surface area contributed by atoms with Crippen LogP contribution < -0.4 is 5.73 Å². The minimum atomic E-state index is 0.705. The maximum absolute atomic E-state index is 5.47. The van der Waals surface area contributed by atoms with Crippen molar-refractivity contribution in [1.29, 1.82) is 0 Å². The first-order valence-corrected chi connectivity index (χ1v) is 4.87. The van der Waals surface area contributed by atoms with Crippen LogP contribution in [-0.4, -0.2) is 18.0 Å². The number of nitrogens with two attached hydrogens (primary N) is 1. The first-order valence-electron chi connectivity index (χ1n) is 3.65. The molecule has 0 aromatic rings. The number of rotatable bonds is 4. The Kier molecular flexibility index (Phi) is 6.81. The van der Waals surface area contributed by atoms with Gasteiger partial charge in [0.2, 0.25) is 0 Å². The molecule has 0 aliphatic heterocycles. The smallest absolute Gasteiger partial charge is 0.153 e. The first-order chi connectivity index (χ1) is 4.81. The third-order valence-corrected chi connectivity index (χ3v) is 1.79. The molecular formula is C7H16N2S. The Morgan fingerprint density at radius 2 is 2.20 bits per heavy atom. The van der Waals surface area contributed by atoms with E-state index in [1.807, 2.05) is 6.26 Å². The second-order valence-corrected chi connectivity index (χ2v) is 2.96. The van der Waals surface area contributed by atoms with Crippen molar-refractivity contribution in [2.75, 3.05) is 12.8 Å². The average Bonchev–Trinajstić information content (AvgIpc) is 1.98. The molecule has 0 unspecified atom stereocenters. The van der Waals surface area contributed by atoms with Gasteiger partial charge in [-0.15, -0.1) is 0 Å². The van der Waals surface area contributed by atoms with Gasteiger partial charge in [-0.3, -0.25) is 4.99 Å². The molecule has 0 aliphatic rings. The van der Waals surface area contributed by atoms with Gasteiger partial charge in [0, 0.05) is 6.54 Å². The molecule has 10 heavy (non-hydrogen) atoms. The fourth-order valence-electron chi connectivity index (χ4n) is 0.616. The van der Waals surface area contributed by atoms with Gasteiger partial charge in [-0.1, -0.05) is 31.5 Å². The summed E-state index contributed by atoms with van der Waals surface area (Å²) in [4.78, 5) is 4.14. The Morgan fingerprint density at radius 3 is 2.70 bits per heavy atom. The molecule has 2 nitrogen and oxygen atoms in total. The van der Waals surface area contributed by atoms with Crippen molar-refractivity contribution >= 4 is 16.9 Å². The summed E-state index contributed by atoms with van der Waals surface area (Å²) in [6, 6.07) is 0. The molecule has 3 heteroatoms. The Bertz CT molecular complexity index is 102. The van der Waals surface area contributed by atoms with Crippen LogP contribution in [0.4, 0.5) is 0 Å². The highest BCUT2D eigenvalue weighted by Gasteiger charge is 1.86. The quantitative estimate of drug-likeness (QED) is 0.387. The Balaban J connectivity index is 3.16. The molecule has 2 N–H and O–H groups in total. The van der Waals surface area contributed by atoms with Crippen LogP contribution in [0, 0.1) is 0 Å². The van der Waals surface area contributed by atoms with Gasteiger partial charge in [0.1, 0.15) is 0 Å². The van der Waals surface area contributed by atoms with Crippen LogP contribution in [0.3, 0.4) is 0 Å². The number of hydrogen-bond donors (Lipinski definition) is 1. The molecule has 0 aromatic heterocycles. The summed E-state index contributed by atoms with van der Waals surface area (Å²) in [7, 11) is 0. The summed E-state index contributed by atoms with van der Waals surface area (Å²) >= 11 is 1.51. The molecule has 0 fully saturated rings. The van der Waals surface area contributed by atoms with Gasteiger partial charge in [-0.05, 0) is 12.7 Å². The van der Waals surface area contributed by atoms with Crippen LogP contribution in [-0.2, 0) is 0 Å². The van der Waals surface area contributed by atoms with Gasteiger partial charge >= 0.3 is 0 Å². The van der Waals surface area contributed by atoms with E-state index in [0.29, 0.717) is 5.17 Å². The highest BCUT2D eigenvalue weighted by atomic mass is 32.2. The van der Waals surface area contributed by atoms with Crippen LogP contribution >= 0.6 is 11.8 Å². The van der Waals surface area contributed by atoms with Crippen molar-refractivity contribution in [2.45, 2.75) is 26.2 Å². The zero-order valence-corrected chi connectivity index (χ0v) is 7.58. The topological polar surface area (TPSA) is 38.4 Å². The zero-order chi connectivity index (χ0) is 7.82. The van der Waals surface area contributed by atoms with E-state index in [0.717, 1.165) is 13.0 Å². The third kappa shape index (κ3) is 5.95. The summed E-state index contributed by atoms with van der Waals surface area (Å²) in [5.74, 6) is 0. The Morgan fingerprint density at radius 1 is 1.50 bits per heavy atom. The summed E-state index contributed by atoms with van der Waals surface area (Å²) in [5, 5.41) is 0.705. The van der Waals surface area contributed by atoms with Gasteiger partial charge in [-0.2, -0.15) is 0 Å². The van der Waals surface area contributed by atoms with E-state index in [4.69, 9.17) is 5.73 Å². The summed E-state index contributed by atoms with van der Waals surface area (Å²) < 4.78 is 0. The van der Waals surface area contributed by atoms with Crippen molar-refractivity contribution in [1.82, 2.24) is 0 Å². The normalized spacial score (nSPS) is 12.0. The lowest BCUT2D eigenvalue weighted by atomic mass is 10.2. The monoisotopic (exact) mass is 160 g/mol. The first kappa shape index (κ1) is 9.82. The number of thioether (sulfide) groups is 1. The molecule has 0 atom stereocenters. The van der Waals surface area contributed by atoms with Crippen LogP contribution in [0.1, 0.15) is 26.2 Å². The maximum atomic E-state index is 5.47. The second kappa shape index (κ2) is 6.93. The molecule has 0 saturated heterocycles. The molecule has 0 heterocycles. The highest BCUT2D eigenvalue weighted by molar-refractivity contribution is 8.13. The molecule has 0 aliphatic carbocycles. The summed E-state index contributed by atoms with van der Waals surface area (Å²) in [6.07, 6.45) is 5.61. The highest BCUT2D eigenvalue weighted by Crippen LogP contribution is 1.96. The lowest BCUT2D eigenvalue weighted by Crippen LogP contribution is -2.06. The number of amidine groups is 1. The van der Waals surface area contributed by atoms with Crippen molar-refractivity contribution in [3.63, 3.8) is 0 Å². The molecular weight excluding hydrogens is 144 g/mol. The van der Waals surface area contributed by atoms with Gasteiger partial charge in [0.05, 0.1) is 0 Å². The van der Waals surface area contributed by atoms with Gasteiger partial charge in [0.15, 0.2) is 5.17 Å². The molecule has 0 saturated carbocycles.